The maximum absolute atomic E-state index is 5.91. The van der Waals surface area contributed by atoms with Gasteiger partial charge in [-0.05, 0) is 30.5 Å². The highest BCUT2D eigenvalue weighted by molar-refractivity contribution is 9.10. The first kappa shape index (κ1) is 12.4. The SMILES string of the molecule is CCC(Nc1cc(Br)ccc1N)C(C)C. The third-order valence-electron chi connectivity index (χ3n) is 2.60. The van der Waals surface area contributed by atoms with Crippen LogP contribution < -0.4 is 11.1 Å². The van der Waals surface area contributed by atoms with E-state index >= 15 is 0 Å². The summed E-state index contributed by atoms with van der Waals surface area (Å²) in [4.78, 5) is 0. The van der Waals surface area contributed by atoms with Gasteiger partial charge in [0.2, 0.25) is 0 Å². The smallest absolute Gasteiger partial charge is 0.0587 e. The molecule has 0 spiro atoms. The predicted octanol–water partition coefficient (Wildman–Crippen LogP) is 3.88. The molecular weight excluding hydrogens is 252 g/mol. The minimum Gasteiger partial charge on any atom is -0.397 e. The Kier molecular flexibility index (Phi) is 4.45. The van der Waals surface area contributed by atoms with E-state index in [2.05, 4.69) is 42.0 Å². The van der Waals surface area contributed by atoms with Gasteiger partial charge in [0.05, 0.1) is 11.4 Å². The number of nitrogens with one attached hydrogen (secondary N) is 1. The Morgan fingerprint density at radius 1 is 1.40 bits per heavy atom. The van der Waals surface area contributed by atoms with Crippen molar-refractivity contribution in [2.45, 2.75) is 33.2 Å². The second-order valence-corrected chi connectivity index (χ2v) is 5.05. The van der Waals surface area contributed by atoms with E-state index in [1.54, 1.807) is 0 Å². The molecule has 0 bridgehead atoms. The van der Waals surface area contributed by atoms with Crippen LogP contribution in [0.15, 0.2) is 22.7 Å². The third kappa shape index (κ3) is 3.42. The lowest BCUT2D eigenvalue weighted by Gasteiger charge is -2.23. The van der Waals surface area contributed by atoms with Crippen LogP contribution in [0.4, 0.5) is 11.4 Å². The molecule has 1 atom stereocenters. The normalized spacial score (nSPS) is 12.9. The van der Waals surface area contributed by atoms with Crippen molar-refractivity contribution < 1.29 is 0 Å². The van der Waals surface area contributed by atoms with E-state index in [1.165, 1.54) is 0 Å². The first-order valence-corrected chi connectivity index (χ1v) is 6.15. The van der Waals surface area contributed by atoms with Gasteiger partial charge in [-0.1, -0.05) is 36.7 Å². The van der Waals surface area contributed by atoms with Crippen LogP contribution in [0.1, 0.15) is 27.2 Å². The molecule has 0 fully saturated rings. The summed E-state index contributed by atoms with van der Waals surface area (Å²) in [6, 6.07) is 6.37. The summed E-state index contributed by atoms with van der Waals surface area (Å²) in [5.74, 6) is 0.605. The average Bonchev–Trinajstić information content (AvgIpc) is 2.18. The van der Waals surface area contributed by atoms with E-state index in [9.17, 15) is 0 Å². The van der Waals surface area contributed by atoms with Crippen molar-refractivity contribution in [1.29, 1.82) is 0 Å². The van der Waals surface area contributed by atoms with Crippen LogP contribution in [0.5, 0.6) is 0 Å². The summed E-state index contributed by atoms with van der Waals surface area (Å²) in [5.41, 5.74) is 7.73. The van der Waals surface area contributed by atoms with E-state index in [0.29, 0.717) is 12.0 Å². The van der Waals surface area contributed by atoms with Crippen molar-refractivity contribution in [2.75, 3.05) is 11.1 Å². The molecule has 0 heterocycles. The number of hydrogen-bond donors (Lipinski definition) is 2. The summed E-state index contributed by atoms with van der Waals surface area (Å²) in [6.07, 6.45) is 1.10. The van der Waals surface area contributed by atoms with Crippen LogP contribution in [0, 0.1) is 5.92 Å². The zero-order chi connectivity index (χ0) is 11.4. The molecule has 0 aliphatic rings. The molecule has 1 rings (SSSR count). The summed E-state index contributed by atoms with van der Waals surface area (Å²) < 4.78 is 1.05. The molecule has 0 saturated heterocycles. The Hall–Kier alpha value is -0.700. The molecule has 1 unspecified atom stereocenters. The number of anilines is 2. The lowest BCUT2D eigenvalue weighted by Crippen LogP contribution is -2.25. The zero-order valence-corrected chi connectivity index (χ0v) is 11.1. The number of benzene rings is 1. The van der Waals surface area contributed by atoms with Crippen LogP contribution >= 0.6 is 15.9 Å². The fraction of sp³-hybridized carbons (Fsp3) is 0.500. The Labute approximate surface area is 100 Å². The first-order chi connectivity index (χ1) is 7.04. The second-order valence-electron chi connectivity index (χ2n) is 4.13. The topological polar surface area (TPSA) is 38.0 Å². The molecule has 0 amide bonds. The molecule has 0 saturated carbocycles. The summed E-state index contributed by atoms with van der Waals surface area (Å²) in [7, 11) is 0. The Morgan fingerprint density at radius 2 is 2.07 bits per heavy atom. The highest BCUT2D eigenvalue weighted by atomic mass is 79.9. The highest BCUT2D eigenvalue weighted by Crippen LogP contribution is 2.25. The Morgan fingerprint density at radius 3 is 2.60 bits per heavy atom. The quantitative estimate of drug-likeness (QED) is 0.815. The van der Waals surface area contributed by atoms with E-state index in [1.807, 2.05) is 18.2 Å². The number of hydrogen-bond acceptors (Lipinski definition) is 2. The minimum atomic E-state index is 0.474. The van der Waals surface area contributed by atoms with Gasteiger partial charge in [-0.15, -0.1) is 0 Å². The molecule has 0 aromatic heterocycles. The van der Waals surface area contributed by atoms with E-state index < -0.39 is 0 Å². The molecule has 0 radical (unpaired) electrons. The molecular formula is C12H19BrN2. The Bertz CT molecular complexity index is 323. The van der Waals surface area contributed by atoms with Crippen LogP contribution in [0.25, 0.3) is 0 Å². The number of nitrogens with two attached hydrogens (primary N) is 1. The molecule has 15 heavy (non-hydrogen) atoms. The Balaban J connectivity index is 2.82. The minimum absolute atomic E-state index is 0.474. The molecule has 0 aliphatic heterocycles. The molecule has 1 aromatic carbocycles. The maximum atomic E-state index is 5.91. The van der Waals surface area contributed by atoms with Crippen LogP contribution in [0.2, 0.25) is 0 Å². The predicted molar refractivity (Wildman–Crippen MR) is 71.1 cm³/mol. The second kappa shape index (κ2) is 5.40. The van der Waals surface area contributed by atoms with Gasteiger partial charge >= 0.3 is 0 Å². The first-order valence-electron chi connectivity index (χ1n) is 5.36. The van der Waals surface area contributed by atoms with Gasteiger partial charge in [-0.2, -0.15) is 0 Å². The molecule has 2 nitrogen and oxygen atoms in total. The van der Waals surface area contributed by atoms with Crippen LogP contribution in [0.3, 0.4) is 0 Å². The number of nitrogen functional groups attached to an aromatic ring is 1. The van der Waals surface area contributed by atoms with E-state index in [0.717, 1.165) is 22.3 Å². The molecule has 1 aromatic rings. The van der Waals surface area contributed by atoms with Gasteiger partial charge < -0.3 is 11.1 Å². The monoisotopic (exact) mass is 270 g/mol. The average molecular weight is 271 g/mol. The summed E-state index contributed by atoms with van der Waals surface area (Å²) in [6.45, 7) is 6.62. The summed E-state index contributed by atoms with van der Waals surface area (Å²) >= 11 is 3.45. The standard InChI is InChI=1S/C12H19BrN2/c1-4-11(8(2)3)15-12-7-9(13)5-6-10(12)14/h5-8,11,15H,4,14H2,1-3H3. The van der Waals surface area contributed by atoms with E-state index in [-0.39, 0.29) is 0 Å². The van der Waals surface area contributed by atoms with Gasteiger partial charge in [0.25, 0.3) is 0 Å². The van der Waals surface area contributed by atoms with Crippen LogP contribution in [-0.4, -0.2) is 6.04 Å². The van der Waals surface area contributed by atoms with Crippen molar-refractivity contribution in [3.05, 3.63) is 22.7 Å². The zero-order valence-electron chi connectivity index (χ0n) is 9.55. The lowest BCUT2D eigenvalue weighted by atomic mass is 10.0. The fourth-order valence-corrected chi connectivity index (χ4v) is 1.95. The van der Waals surface area contributed by atoms with Gasteiger partial charge in [-0.25, -0.2) is 0 Å². The lowest BCUT2D eigenvalue weighted by molar-refractivity contribution is 0.511. The van der Waals surface area contributed by atoms with Crippen molar-refractivity contribution in [2.24, 2.45) is 5.92 Å². The molecule has 0 aliphatic carbocycles. The van der Waals surface area contributed by atoms with Crippen molar-refractivity contribution in [3.8, 4) is 0 Å². The van der Waals surface area contributed by atoms with Gasteiger partial charge in [0, 0.05) is 10.5 Å². The molecule has 84 valence electrons. The number of rotatable bonds is 4. The highest BCUT2D eigenvalue weighted by Gasteiger charge is 2.11. The van der Waals surface area contributed by atoms with E-state index in [4.69, 9.17) is 5.73 Å². The third-order valence-corrected chi connectivity index (χ3v) is 3.09. The van der Waals surface area contributed by atoms with Crippen molar-refractivity contribution >= 4 is 27.3 Å². The van der Waals surface area contributed by atoms with Gasteiger partial charge in [-0.3, -0.25) is 0 Å². The van der Waals surface area contributed by atoms with Crippen LogP contribution in [-0.2, 0) is 0 Å². The maximum Gasteiger partial charge on any atom is 0.0587 e. The van der Waals surface area contributed by atoms with Gasteiger partial charge in [0.1, 0.15) is 0 Å². The molecule has 3 heteroatoms. The van der Waals surface area contributed by atoms with Gasteiger partial charge in [0.15, 0.2) is 0 Å². The fourth-order valence-electron chi connectivity index (χ4n) is 1.59. The largest absolute Gasteiger partial charge is 0.397 e. The van der Waals surface area contributed by atoms with Crippen molar-refractivity contribution in [3.63, 3.8) is 0 Å². The van der Waals surface area contributed by atoms with Crippen molar-refractivity contribution in [1.82, 2.24) is 0 Å². The summed E-state index contributed by atoms with van der Waals surface area (Å²) in [5, 5.41) is 3.48. The number of halogens is 1. The molecule has 3 N–H and O–H groups in total.